The monoisotopic (exact) mass is 300 g/mol. The molecular formula is C13H16O8. The molecule has 1 fully saturated rings. The average Bonchev–Trinajstić information content (AvgIpc) is 2.48. The maximum Gasteiger partial charge on any atom is 0.339 e. The first-order valence-corrected chi connectivity index (χ1v) is 6.25. The first-order chi connectivity index (χ1) is 9.95. The van der Waals surface area contributed by atoms with E-state index in [1.807, 2.05) is 0 Å². The Hall–Kier alpha value is -1.71. The van der Waals surface area contributed by atoms with Crippen molar-refractivity contribution >= 4 is 5.97 Å². The number of ether oxygens (including phenoxy) is 2. The Bertz CT molecular complexity index is 503. The SMILES string of the molecule is O=C(O)c1ccccc1O[C@H]1O[C@H](CO)[C@H](O)[C@H](O)[C@H]1O. The van der Waals surface area contributed by atoms with Crippen LogP contribution in [0.2, 0.25) is 0 Å². The van der Waals surface area contributed by atoms with Gasteiger partial charge in [-0.15, -0.1) is 0 Å². The van der Waals surface area contributed by atoms with Crippen LogP contribution in [0.1, 0.15) is 10.4 Å². The highest BCUT2D eigenvalue weighted by molar-refractivity contribution is 5.90. The number of aliphatic hydroxyl groups is 4. The highest BCUT2D eigenvalue weighted by Gasteiger charge is 2.44. The Kier molecular flexibility index (Phi) is 4.76. The summed E-state index contributed by atoms with van der Waals surface area (Å²) in [6.07, 6.45) is -7.21. The van der Waals surface area contributed by atoms with Crippen molar-refractivity contribution < 1.29 is 39.8 Å². The van der Waals surface area contributed by atoms with Crippen LogP contribution in [0, 0.1) is 0 Å². The Morgan fingerprint density at radius 1 is 1.14 bits per heavy atom. The molecule has 0 amide bonds. The first kappa shape index (κ1) is 15.7. The van der Waals surface area contributed by atoms with Gasteiger partial charge in [-0.3, -0.25) is 0 Å². The van der Waals surface area contributed by atoms with Crippen molar-refractivity contribution in [3.05, 3.63) is 29.8 Å². The topological polar surface area (TPSA) is 137 Å². The van der Waals surface area contributed by atoms with Crippen LogP contribution in [0.4, 0.5) is 0 Å². The van der Waals surface area contributed by atoms with E-state index in [0.717, 1.165) is 0 Å². The highest BCUT2D eigenvalue weighted by atomic mass is 16.7. The van der Waals surface area contributed by atoms with Crippen LogP contribution in [0.3, 0.4) is 0 Å². The quantitative estimate of drug-likeness (QED) is 0.456. The summed E-state index contributed by atoms with van der Waals surface area (Å²) in [5.41, 5.74) is -0.144. The van der Waals surface area contributed by atoms with E-state index in [1.165, 1.54) is 24.3 Å². The molecule has 8 nitrogen and oxygen atoms in total. The summed E-state index contributed by atoms with van der Waals surface area (Å²) in [6, 6.07) is 5.71. The molecule has 21 heavy (non-hydrogen) atoms. The van der Waals surface area contributed by atoms with Crippen molar-refractivity contribution in [3.8, 4) is 5.75 Å². The van der Waals surface area contributed by atoms with Crippen molar-refractivity contribution in [1.29, 1.82) is 0 Å². The van der Waals surface area contributed by atoms with Gasteiger partial charge in [0.25, 0.3) is 0 Å². The zero-order valence-corrected chi connectivity index (χ0v) is 10.9. The molecule has 0 spiro atoms. The van der Waals surface area contributed by atoms with Gasteiger partial charge in [0.15, 0.2) is 0 Å². The van der Waals surface area contributed by atoms with Crippen LogP contribution < -0.4 is 4.74 Å². The van der Waals surface area contributed by atoms with Crippen LogP contribution in [-0.2, 0) is 4.74 Å². The molecule has 5 N–H and O–H groups in total. The molecule has 1 aliphatic rings. The second-order valence-electron chi connectivity index (χ2n) is 4.62. The minimum Gasteiger partial charge on any atom is -0.478 e. The summed E-state index contributed by atoms with van der Waals surface area (Å²) in [7, 11) is 0. The fourth-order valence-electron chi connectivity index (χ4n) is 2.04. The minimum absolute atomic E-state index is 0.0608. The number of aliphatic hydroxyl groups excluding tert-OH is 4. The molecule has 1 aromatic rings. The molecule has 2 rings (SSSR count). The van der Waals surface area contributed by atoms with Crippen LogP contribution >= 0.6 is 0 Å². The second kappa shape index (κ2) is 6.37. The molecule has 0 saturated carbocycles. The van der Waals surface area contributed by atoms with E-state index in [0.29, 0.717) is 0 Å². The second-order valence-corrected chi connectivity index (χ2v) is 4.62. The van der Waals surface area contributed by atoms with Gasteiger partial charge < -0.3 is 35.0 Å². The summed E-state index contributed by atoms with van der Waals surface area (Å²) < 4.78 is 10.4. The summed E-state index contributed by atoms with van der Waals surface area (Å²) in [6.45, 7) is -0.592. The number of benzene rings is 1. The van der Waals surface area contributed by atoms with Gasteiger partial charge in [-0.1, -0.05) is 12.1 Å². The van der Waals surface area contributed by atoms with E-state index >= 15 is 0 Å². The van der Waals surface area contributed by atoms with Crippen LogP contribution in [0.5, 0.6) is 5.75 Å². The lowest BCUT2D eigenvalue weighted by molar-refractivity contribution is -0.277. The van der Waals surface area contributed by atoms with Gasteiger partial charge in [-0.25, -0.2) is 4.79 Å². The molecule has 1 aliphatic heterocycles. The maximum absolute atomic E-state index is 11.1. The van der Waals surface area contributed by atoms with E-state index in [-0.39, 0.29) is 11.3 Å². The molecule has 1 aromatic carbocycles. The fourth-order valence-corrected chi connectivity index (χ4v) is 2.04. The Morgan fingerprint density at radius 2 is 1.81 bits per heavy atom. The van der Waals surface area contributed by atoms with Crippen molar-refractivity contribution in [3.63, 3.8) is 0 Å². The zero-order valence-electron chi connectivity index (χ0n) is 10.9. The van der Waals surface area contributed by atoms with E-state index in [1.54, 1.807) is 0 Å². The fraction of sp³-hybridized carbons (Fsp3) is 0.462. The molecule has 1 saturated heterocycles. The average molecular weight is 300 g/mol. The van der Waals surface area contributed by atoms with Crippen molar-refractivity contribution in [2.45, 2.75) is 30.7 Å². The molecular weight excluding hydrogens is 284 g/mol. The smallest absolute Gasteiger partial charge is 0.339 e. The third kappa shape index (κ3) is 3.14. The van der Waals surface area contributed by atoms with Crippen molar-refractivity contribution in [1.82, 2.24) is 0 Å². The van der Waals surface area contributed by atoms with Gasteiger partial charge in [-0.2, -0.15) is 0 Å². The van der Waals surface area contributed by atoms with Gasteiger partial charge >= 0.3 is 5.97 Å². The zero-order chi connectivity index (χ0) is 15.6. The third-order valence-corrected chi connectivity index (χ3v) is 3.21. The predicted molar refractivity (Wildman–Crippen MR) is 67.8 cm³/mol. The van der Waals surface area contributed by atoms with E-state index in [9.17, 15) is 20.1 Å². The van der Waals surface area contributed by atoms with Gasteiger partial charge in [-0.05, 0) is 12.1 Å². The van der Waals surface area contributed by atoms with Crippen molar-refractivity contribution in [2.24, 2.45) is 0 Å². The Balaban J connectivity index is 2.20. The first-order valence-electron chi connectivity index (χ1n) is 6.25. The maximum atomic E-state index is 11.1. The number of carboxylic acids is 1. The number of rotatable bonds is 4. The molecule has 116 valence electrons. The van der Waals surface area contributed by atoms with Crippen LogP contribution in [0.25, 0.3) is 0 Å². The molecule has 0 aliphatic carbocycles. The lowest BCUT2D eigenvalue weighted by Crippen LogP contribution is -2.60. The lowest BCUT2D eigenvalue weighted by Gasteiger charge is -2.39. The molecule has 0 aromatic heterocycles. The van der Waals surface area contributed by atoms with Gasteiger partial charge in [0.1, 0.15) is 35.7 Å². The van der Waals surface area contributed by atoms with E-state index in [4.69, 9.17) is 19.7 Å². The Morgan fingerprint density at radius 3 is 2.43 bits per heavy atom. The summed E-state index contributed by atoms with van der Waals surface area (Å²) in [4.78, 5) is 11.1. The Labute approximate surface area is 119 Å². The van der Waals surface area contributed by atoms with Crippen LogP contribution in [-0.4, -0.2) is 68.8 Å². The third-order valence-electron chi connectivity index (χ3n) is 3.21. The predicted octanol–water partition coefficient (Wildman–Crippen LogP) is -1.44. The van der Waals surface area contributed by atoms with E-state index in [2.05, 4.69) is 0 Å². The molecule has 0 radical (unpaired) electrons. The van der Waals surface area contributed by atoms with Gasteiger partial charge in [0, 0.05) is 0 Å². The largest absolute Gasteiger partial charge is 0.478 e. The van der Waals surface area contributed by atoms with Crippen molar-refractivity contribution in [2.75, 3.05) is 6.61 Å². The summed E-state index contributed by atoms with van der Waals surface area (Å²) >= 11 is 0. The number of aromatic carboxylic acids is 1. The molecule has 0 unspecified atom stereocenters. The number of hydrogen-bond donors (Lipinski definition) is 5. The summed E-state index contributed by atoms with van der Waals surface area (Å²) in [5.74, 6) is -1.29. The highest BCUT2D eigenvalue weighted by Crippen LogP contribution is 2.26. The molecule has 0 bridgehead atoms. The van der Waals surface area contributed by atoms with Gasteiger partial charge in [0.2, 0.25) is 6.29 Å². The normalized spacial score (nSPS) is 32.7. The minimum atomic E-state index is -1.59. The van der Waals surface area contributed by atoms with E-state index < -0.39 is 43.3 Å². The number of para-hydroxylation sites is 1. The summed E-state index contributed by atoms with van der Waals surface area (Å²) in [5, 5.41) is 47.2. The molecule has 8 heteroatoms. The number of carboxylic acid groups (broad SMARTS) is 1. The van der Waals surface area contributed by atoms with Crippen LogP contribution in [0.15, 0.2) is 24.3 Å². The molecule has 1 heterocycles. The number of carbonyl (C=O) groups is 1. The standard InChI is InChI=1S/C13H16O8/c14-5-8-9(15)10(16)11(17)13(21-8)20-7-4-2-1-3-6(7)12(18)19/h1-4,8-11,13-17H,5H2,(H,18,19)/t8-,9+,10+,11-,13+/m1/s1. The van der Waals surface area contributed by atoms with Gasteiger partial charge in [0.05, 0.1) is 6.61 Å². The lowest BCUT2D eigenvalue weighted by atomic mass is 9.99. The number of hydrogen-bond acceptors (Lipinski definition) is 7. The molecule has 5 atom stereocenters.